The van der Waals surface area contributed by atoms with Gasteiger partial charge in [-0.2, -0.15) is 0 Å². The van der Waals surface area contributed by atoms with E-state index in [1.807, 2.05) is 13.8 Å². The molecule has 0 spiro atoms. The van der Waals surface area contributed by atoms with E-state index in [1.165, 1.54) is 31.4 Å². The normalized spacial score (nSPS) is 13.2. The summed E-state index contributed by atoms with van der Waals surface area (Å²) in [7, 11) is -2.45. The molecule has 0 aliphatic rings. The van der Waals surface area contributed by atoms with Crippen molar-refractivity contribution in [1.29, 1.82) is 0 Å². The van der Waals surface area contributed by atoms with Crippen LogP contribution < -0.4 is 10.5 Å². The number of nitrogens with two attached hydrogens (primary N) is 1. The van der Waals surface area contributed by atoms with Gasteiger partial charge in [0.05, 0.1) is 17.6 Å². The van der Waals surface area contributed by atoms with Crippen LogP contribution in [0.4, 0.5) is 0 Å². The first-order valence-electron chi connectivity index (χ1n) is 6.70. The second-order valence-electron chi connectivity index (χ2n) is 5.26. The smallest absolute Gasteiger partial charge is 0.337 e. The maximum absolute atomic E-state index is 12.2. The molecule has 0 amide bonds. The Morgan fingerprint density at radius 2 is 2.05 bits per heavy atom. The molecule has 7 heteroatoms. The quantitative estimate of drug-likeness (QED) is 0.735. The van der Waals surface area contributed by atoms with E-state index < -0.39 is 16.0 Å². The summed E-state index contributed by atoms with van der Waals surface area (Å²) in [6.07, 6.45) is 0.727. The van der Waals surface area contributed by atoms with Crippen LogP contribution in [-0.2, 0) is 14.8 Å². The van der Waals surface area contributed by atoms with Crippen molar-refractivity contribution in [1.82, 2.24) is 4.72 Å². The van der Waals surface area contributed by atoms with Gasteiger partial charge in [0.25, 0.3) is 0 Å². The lowest BCUT2D eigenvalue weighted by atomic mass is 10.1. The second-order valence-corrected chi connectivity index (χ2v) is 7.03. The molecular weight excluding hydrogens is 292 g/mol. The third kappa shape index (κ3) is 5.45. The van der Waals surface area contributed by atoms with Crippen molar-refractivity contribution in [2.45, 2.75) is 31.2 Å². The number of nitrogens with one attached hydrogen (secondary N) is 1. The Balaban J connectivity index is 2.81. The first kappa shape index (κ1) is 17.6. The molecule has 3 N–H and O–H groups in total. The highest BCUT2D eigenvalue weighted by atomic mass is 32.2. The zero-order valence-corrected chi connectivity index (χ0v) is 13.3. The van der Waals surface area contributed by atoms with E-state index in [0.29, 0.717) is 5.92 Å². The van der Waals surface area contributed by atoms with Gasteiger partial charge in [-0.3, -0.25) is 0 Å². The monoisotopic (exact) mass is 314 g/mol. The molecule has 1 unspecified atom stereocenters. The van der Waals surface area contributed by atoms with E-state index in [9.17, 15) is 13.2 Å². The Hall–Kier alpha value is -1.44. The predicted molar refractivity (Wildman–Crippen MR) is 80.4 cm³/mol. The summed E-state index contributed by atoms with van der Waals surface area (Å²) in [5, 5.41) is 0. The van der Waals surface area contributed by atoms with Crippen LogP contribution in [0.3, 0.4) is 0 Å². The van der Waals surface area contributed by atoms with E-state index in [-0.39, 0.29) is 23.0 Å². The Bertz CT molecular complexity index is 584. The molecule has 6 nitrogen and oxygen atoms in total. The highest BCUT2D eigenvalue weighted by Gasteiger charge is 2.17. The van der Waals surface area contributed by atoms with Gasteiger partial charge in [-0.15, -0.1) is 0 Å². The van der Waals surface area contributed by atoms with E-state index >= 15 is 0 Å². The Kier molecular flexibility index (Phi) is 6.32. The topological polar surface area (TPSA) is 98.5 Å². The molecule has 1 atom stereocenters. The largest absolute Gasteiger partial charge is 0.465 e. The first-order chi connectivity index (χ1) is 9.76. The zero-order chi connectivity index (χ0) is 16.0. The van der Waals surface area contributed by atoms with Crippen LogP contribution >= 0.6 is 0 Å². The molecule has 0 radical (unpaired) electrons. The number of hydrogen-bond donors (Lipinski definition) is 2. The third-order valence-corrected chi connectivity index (χ3v) is 4.30. The molecule has 0 saturated carbocycles. The van der Waals surface area contributed by atoms with Crippen LogP contribution in [-0.4, -0.2) is 34.1 Å². The molecule has 1 aromatic rings. The van der Waals surface area contributed by atoms with Crippen molar-refractivity contribution < 1.29 is 17.9 Å². The van der Waals surface area contributed by atoms with Crippen LogP contribution in [0.25, 0.3) is 0 Å². The number of ether oxygens (including phenoxy) is 1. The lowest BCUT2D eigenvalue weighted by Crippen LogP contribution is -2.38. The van der Waals surface area contributed by atoms with Gasteiger partial charge in [-0.05, 0) is 30.5 Å². The zero-order valence-electron chi connectivity index (χ0n) is 12.5. The molecule has 0 aromatic heterocycles. The Morgan fingerprint density at radius 3 is 2.62 bits per heavy atom. The second kappa shape index (κ2) is 7.53. The van der Waals surface area contributed by atoms with Crippen molar-refractivity contribution in [3.05, 3.63) is 29.8 Å². The van der Waals surface area contributed by atoms with Gasteiger partial charge in [0.2, 0.25) is 10.0 Å². The van der Waals surface area contributed by atoms with Gasteiger partial charge >= 0.3 is 5.97 Å². The van der Waals surface area contributed by atoms with E-state index in [2.05, 4.69) is 9.46 Å². The Labute approximate surface area is 125 Å². The van der Waals surface area contributed by atoms with Crippen LogP contribution in [0, 0.1) is 5.92 Å². The average Bonchev–Trinajstić information content (AvgIpc) is 2.44. The van der Waals surface area contributed by atoms with Gasteiger partial charge in [0.1, 0.15) is 0 Å². The van der Waals surface area contributed by atoms with Gasteiger partial charge in [-0.1, -0.05) is 19.9 Å². The van der Waals surface area contributed by atoms with E-state index in [1.54, 1.807) is 0 Å². The number of esters is 1. The molecule has 1 aromatic carbocycles. The maximum atomic E-state index is 12.2. The number of carbonyl (C=O) groups excluding carboxylic acids is 1. The Morgan fingerprint density at radius 1 is 1.38 bits per heavy atom. The summed E-state index contributed by atoms with van der Waals surface area (Å²) in [5.74, 6) is -0.185. The van der Waals surface area contributed by atoms with Crippen LogP contribution in [0.5, 0.6) is 0 Å². The number of sulfonamides is 1. The average molecular weight is 314 g/mol. The SMILES string of the molecule is COC(=O)c1cccc(S(=O)(=O)NCC(N)CC(C)C)c1. The summed E-state index contributed by atoms with van der Waals surface area (Å²) >= 11 is 0. The summed E-state index contributed by atoms with van der Waals surface area (Å²) in [4.78, 5) is 11.4. The fourth-order valence-corrected chi connectivity index (χ4v) is 3.04. The summed E-state index contributed by atoms with van der Waals surface area (Å²) in [6.45, 7) is 4.20. The fraction of sp³-hybridized carbons (Fsp3) is 0.500. The van der Waals surface area contributed by atoms with Crippen molar-refractivity contribution in [2.75, 3.05) is 13.7 Å². The standard InChI is InChI=1S/C14H22N2O4S/c1-10(2)7-12(15)9-16-21(18,19)13-6-4-5-11(8-13)14(17)20-3/h4-6,8,10,12,16H,7,9,15H2,1-3H3. The molecule has 0 aliphatic carbocycles. The molecular formula is C14H22N2O4S. The molecule has 118 valence electrons. The van der Waals surface area contributed by atoms with Crippen molar-refractivity contribution in [2.24, 2.45) is 11.7 Å². The van der Waals surface area contributed by atoms with Crippen molar-refractivity contribution in [3.63, 3.8) is 0 Å². The molecule has 0 bridgehead atoms. The minimum absolute atomic E-state index is 0.0159. The van der Waals surface area contributed by atoms with E-state index in [4.69, 9.17) is 5.73 Å². The molecule has 0 heterocycles. The number of hydrogen-bond acceptors (Lipinski definition) is 5. The van der Waals surface area contributed by atoms with Crippen LogP contribution in [0.1, 0.15) is 30.6 Å². The fourth-order valence-electron chi connectivity index (χ4n) is 1.90. The lowest BCUT2D eigenvalue weighted by Gasteiger charge is -2.15. The maximum Gasteiger partial charge on any atom is 0.337 e. The van der Waals surface area contributed by atoms with Crippen LogP contribution in [0.15, 0.2) is 29.2 Å². The summed E-state index contributed by atoms with van der Waals surface area (Å²) in [6, 6.07) is 5.44. The van der Waals surface area contributed by atoms with Gasteiger partial charge < -0.3 is 10.5 Å². The molecule has 1 rings (SSSR count). The van der Waals surface area contributed by atoms with Gasteiger partial charge in [-0.25, -0.2) is 17.9 Å². The number of rotatable bonds is 7. The molecule has 0 saturated heterocycles. The lowest BCUT2D eigenvalue weighted by molar-refractivity contribution is 0.0600. The number of carbonyl (C=O) groups is 1. The highest BCUT2D eigenvalue weighted by Crippen LogP contribution is 2.12. The number of benzene rings is 1. The summed E-state index contributed by atoms with van der Waals surface area (Å²) < 4.78 is 31.4. The third-order valence-electron chi connectivity index (χ3n) is 2.88. The predicted octanol–water partition coefficient (Wildman–Crippen LogP) is 1.12. The van der Waals surface area contributed by atoms with Gasteiger partial charge in [0.15, 0.2) is 0 Å². The minimum atomic E-state index is -3.69. The van der Waals surface area contributed by atoms with E-state index in [0.717, 1.165) is 6.42 Å². The molecule has 21 heavy (non-hydrogen) atoms. The van der Waals surface area contributed by atoms with Crippen molar-refractivity contribution >= 4 is 16.0 Å². The highest BCUT2D eigenvalue weighted by molar-refractivity contribution is 7.89. The van der Waals surface area contributed by atoms with Gasteiger partial charge in [0, 0.05) is 12.6 Å². The minimum Gasteiger partial charge on any atom is -0.465 e. The molecule has 0 aliphatic heterocycles. The first-order valence-corrected chi connectivity index (χ1v) is 8.18. The summed E-state index contributed by atoms with van der Waals surface area (Å²) in [5.41, 5.74) is 6.05. The number of methoxy groups -OCH3 is 1. The van der Waals surface area contributed by atoms with Crippen molar-refractivity contribution in [3.8, 4) is 0 Å². The van der Waals surface area contributed by atoms with Crippen LogP contribution in [0.2, 0.25) is 0 Å². The molecule has 0 fully saturated rings.